The zero-order chi connectivity index (χ0) is 41.7. The summed E-state index contributed by atoms with van der Waals surface area (Å²) in [7, 11) is 0. The molecule has 12 aromatic rings. The van der Waals surface area contributed by atoms with Crippen LogP contribution in [-0.4, -0.2) is 24.5 Å². The van der Waals surface area contributed by atoms with Gasteiger partial charge in [0, 0.05) is 65.8 Å². The highest BCUT2D eigenvalue weighted by Crippen LogP contribution is 2.42. The molecule has 0 spiro atoms. The molecule has 12 rings (SSSR count). The Balaban J connectivity index is 1.11. The molecule has 0 saturated heterocycles. The summed E-state index contributed by atoms with van der Waals surface area (Å²) in [6.07, 6.45) is 2.45. The lowest BCUT2D eigenvalue weighted by Gasteiger charge is -2.16. The number of hydrogen-bond donors (Lipinski definition) is 0. The fraction of sp³-hybridized carbons (Fsp3) is 0.0175. The van der Waals surface area contributed by atoms with Gasteiger partial charge in [-0.25, -0.2) is 19.9 Å². The average molecular weight is 824 g/mol. The van der Waals surface area contributed by atoms with Gasteiger partial charge >= 0.3 is 0 Å². The first-order valence-electron chi connectivity index (χ1n) is 21.2. The molecule has 0 saturated carbocycles. The molecule has 63 heavy (non-hydrogen) atoms. The molecule has 0 amide bonds. The summed E-state index contributed by atoms with van der Waals surface area (Å²) in [6.45, 7) is 0. The number of thiophene rings is 1. The van der Waals surface area contributed by atoms with Crippen molar-refractivity contribution in [2.24, 2.45) is 0 Å². The monoisotopic (exact) mass is 823 g/mol. The van der Waals surface area contributed by atoms with Crippen molar-refractivity contribution in [1.82, 2.24) is 24.5 Å². The van der Waals surface area contributed by atoms with Crippen LogP contribution in [0.2, 0.25) is 0 Å². The number of pyridine rings is 1. The fourth-order valence-electron chi connectivity index (χ4n) is 8.90. The van der Waals surface area contributed by atoms with Crippen molar-refractivity contribution < 1.29 is 0 Å². The van der Waals surface area contributed by atoms with Crippen molar-refractivity contribution >= 4 is 53.3 Å². The van der Waals surface area contributed by atoms with Crippen molar-refractivity contribution in [3.8, 4) is 62.0 Å². The lowest BCUT2D eigenvalue weighted by atomic mass is 9.93. The van der Waals surface area contributed by atoms with Crippen LogP contribution in [0.5, 0.6) is 0 Å². The third kappa shape index (κ3) is 6.74. The molecule has 0 radical (unpaired) electrons. The number of para-hydroxylation sites is 1. The summed E-state index contributed by atoms with van der Waals surface area (Å²) in [5, 5.41) is 4.93. The molecule has 0 bridgehead atoms. The standard InChI is InChI=1S/C57H37N5S/c1-5-17-37(18-6-1)41-29-42(38-19-7-2-8-20-38)31-43(30-41)45-32-44(33-54-59-55(39-21-9-3-10-22-39)61-56(60-54)40-23-11-4-12-24-40)57(58-36-45)62-50-27-15-13-25-46(50)48-34-49-47-26-14-16-28-52(47)63-53(49)35-51(48)62/h1-32,34-36H,33H2. The lowest BCUT2D eigenvalue weighted by Crippen LogP contribution is -2.08. The molecule has 5 nitrogen and oxygen atoms in total. The Labute approximate surface area is 368 Å². The van der Waals surface area contributed by atoms with Gasteiger partial charge in [-0.15, -0.1) is 11.3 Å². The van der Waals surface area contributed by atoms with E-state index >= 15 is 0 Å². The van der Waals surface area contributed by atoms with E-state index in [1.165, 1.54) is 30.9 Å². The van der Waals surface area contributed by atoms with Crippen LogP contribution in [-0.2, 0) is 6.42 Å². The van der Waals surface area contributed by atoms with Gasteiger partial charge in [0.1, 0.15) is 11.6 Å². The molecule has 4 aromatic heterocycles. The van der Waals surface area contributed by atoms with E-state index in [-0.39, 0.29) is 0 Å². The van der Waals surface area contributed by atoms with Crippen molar-refractivity contribution in [2.75, 3.05) is 0 Å². The first-order chi connectivity index (χ1) is 31.2. The first-order valence-corrected chi connectivity index (χ1v) is 22.0. The molecular weight excluding hydrogens is 787 g/mol. The van der Waals surface area contributed by atoms with Gasteiger partial charge in [-0.05, 0) is 76.3 Å². The molecular formula is C57H37N5S. The Morgan fingerprint density at radius 2 is 0.889 bits per heavy atom. The van der Waals surface area contributed by atoms with Crippen molar-refractivity contribution in [3.05, 3.63) is 224 Å². The second-order valence-electron chi connectivity index (χ2n) is 15.9. The zero-order valence-electron chi connectivity index (χ0n) is 34.1. The van der Waals surface area contributed by atoms with E-state index in [1.54, 1.807) is 0 Å². The molecule has 0 N–H and O–H groups in total. The molecule has 0 unspecified atom stereocenters. The molecule has 0 aliphatic carbocycles. The summed E-state index contributed by atoms with van der Waals surface area (Å²) in [4.78, 5) is 20.9. The Morgan fingerprint density at radius 1 is 0.365 bits per heavy atom. The Bertz CT molecular complexity index is 3520. The smallest absolute Gasteiger partial charge is 0.163 e. The highest BCUT2D eigenvalue weighted by molar-refractivity contribution is 7.25. The van der Waals surface area contributed by atoms with Crippen molar-refractivity contribution in [1.29, 1.82) is 0 Å². The number of fused-ring (bicyclic) bond motifs is 6. The lowest BCUT2D eigenvalue weighted by molar-refractivity contribution is 0.914. The van der Waals surface area contributed by atoms with Gasteiger partial charge in [0.15, 0.2) is 11.6 Å². The van der Waals surface area contributed by atoms with Gasteiger partial charge in [-0.3, -0.25) is 4.57 Å². The predicted octanol–water partition coefficient (Wildman–Crippen LogP) is 14.7. The van der Waals surface area contributed by atoms with E-state index < -0.39 is 0 Å². The largest absolute Gasteiger partial charge is 0.293 e. The van der Waals surface area contributed by atoms with Gasteiger partial charge in [0.05, 0.1) is 11.0 Å². The van der Waals surface area contributed by atoms with E-state index in [0.29, 0.717) is 23.9 Å². The Morgan fingerprint density at radius 3 is 1.51 bits per heavy atom. The Kier molecular flexibility index (Phi) is 9.01. The summed E-state index contributed by atoms with van der Waals surface area (Å²) >= 11 is 1.83. The quantitative estimate of drug-likeness (QED) is 0.153. The summed E-state index contributed by atoms with van der Waals surface area (Å²) in [5.74, 6) is 2.78. The SMILES string of the molecule is c1ccc(-c2cc(-c3ccccc3)cc(-c3cnc(-n4c5ccccc5c5cc6c(cc54)sc4ccccc46)c(Cc4nc(-c5ccccc5)nc(-c5ccccc5)n4)c3)c2)cc1. The minimum Gasteiger partial charge on any atom is -0.293 e. The number of hydrogen-bond acceptors (Lipinski definition) is 5. The molecule has 0 fully saturated rings. The maximum absolute atomic E-state index is 5.48. The molecule has 0 aliphatic heterocycles. The van der Waals surface area contributed by atoms with Gasteiger partial charge in [-0.2, -0.15) is 0 Å². The number of benzene rings is 8. The van der Waals surface area contributed by atoms with Crippen LogP contribution in [0.3, 0.4) is 0 Å². The van der Waals surface area contributed by atoms with Crippen LogP contribution in [0.4, 0.5) is 0 Å². The maximum atomic E-state index is 5.48. The zero-order valence-corrected chi connectivity index (χ0v) is 34.9. The maximum Gasteiger partial charge on any atom is 0.163 e. The van der Waals surface area contributed by atoms with Gasteiger partial charge < -0.3 is 0 Å². The normalized spacial score (nSPS) is 11.6. The highest BCUT2D eigenvalue weighted by Gasteiger charge is 2.21. The molecule has 4 heterocycles. The molecule has 296 valence electrons. The van der Waals surface area contributed by atoms with E-state index in [0.717, 1.165) is 66.9 Å². The van der Waals surface area contributed by atoms with E-state index in [1.807, 2.05) is 53.9 Å². The van der Waals surface area contributed by atoms with Gasteiger partial charge in [0.25, 0.3) is 0 Å². The number of nitrogens with zero attached hydrogens (tertiary/aromatic N) is 5. The average Bonchev–Trinajstić information content (AvgIpc) is 3.88. The van der Waals surface area contributed by atoms with E-state index in [4.69, 9.17) is 19.9 Å². The van der Waals surface area contributed by atoms with Gasteiger partial charge in [0.2, 0.25) is 0 Å². The van der Waals surface area contributed by atoms with Crippen LogP contribution in [0.25, 0.3) is 104 Å². The van der Waals surface area contributed by atoms with E-state index in [9.17, 15) is 0 Å². The van der Waals surface area contributed by atoms with Crippen LogP contribution in [0.15, 0.2) is 212 Å². The predicted molar refractivity (Wildman–Crippen MR) is 261 cm³/mol. The van der Waals surface area contributed by atoms with Crippen molar-refractivity contribution in [3.63, 3.8) is 0 Å². The van der Waals surface area contributed by atoms with Crippen molar-refractivity contribution in [2.45, 2.75) is 6.42 Å². The van der Waals surface area contributed by atoms with Crippen LogP contribution < -0.4 is 0 Å². The minimum atomic E-state index is 0.418. The van der Waals surface area contributed by atoms with Crippen LogP contribution in [0, 0.1) is 0 Å². The van der Waals surface area contributed by atoms with Gasteiger partial charge in [-0.1, -0.05) is 158 Å². The summed E-state index contributed by atoms with van der Waals surface area (Å²) in [6, 6.07) is 72.8. The van der Waals surface area contributed by atoms with Crippen LogP contribution >= 0.6 is 11.3 Å². The Hall–Kier alpha value is -8.06. The molecule has 0 aliphatic rings. The van der Waals surface area contributed by atoms with Crippen LogP contribution in [0.1, 0.15) is 11.4 Å². The fourth-order valence-corrected chi connectivity index (χ4v) is 10.0. The summed E-state index contributed by atoms with van der Waals surface area (Å²) in [5.41, 5.74) is 11.8. The summed E-state index contributed by atoms with van der Waals surface area (Å²) < 4.78 is 4.88. The molecule has 6 heteroatoms. The molecule has 0 atom stereocenters. The number of aromatic nitrogens is 5. The second-order valence-corrected chi connectivity index (χ2v) is 16.9. The second kappa shape index (κ2) is 15.4. The first kappa shape index (κ1) is 36.8. The van der Waals surface area contributed by atoms with E-state index in [2.05, 4.69) is 174 Å². The molecule has 8 aromatic carbocycles. The third-order valence-electron chi connectivity index (χ3n) is 11.9. The minimum absolute atomic E-state index is 0.418. The topological polar surface area (TPSA) is 56.5 Å². The number of rotatable bonds is 8. The third-order valence-corrected chi connectivity index (χ3v) is 13.0. The highest BCUT2D eigenvalue weighted by atomic mass is 32.1.